The van der Waals surface area contributed by atoms with Crippen molar-refractivity contribution < 1.29 is 4.74 Å². The molecule has 3 rings (SSSR count). The zero-order valence-corrected chi connectivity index (χ0v) is 11.8. The first-order valence-electron chi connectivity index (χ1n) is 6.87. The number of fused-ring (bicyclic) bond motifs is 1. The van der Waals surface area contributed by atoms with Crippen molar-refractivity contribution in [3.8, 4) is 5.75 Å². The number of hydrogen-bond donors (Lipinski definition) is 2. The smallest absolute Gasteiger partial charge is 0.160 e. The molecule has 108 valence electrons. The number of ether oxygens (including phenoxy) is 1. The van der Waals surface area contributed by atoms with Gasteiger partial charge in [-0.15, -0.1) is 0 Å². The van der Waals surface area contributed by atoms with Crippen LogP contribution in [0.2, 0.25) is 0 Å². The minimum atomic E-state index is 0.752. The average Bonchev–Trinajstić information content (AvgIpc) is 3.01. The lowest BCUT2D eigenvalue weighted by Crippen LogP contribution is -2.05. The van der Waals surface area contributed by atoms with Gasteiger partial charge in [0, 0.05) is 6.54 Å². The lowest BCUT2D eigenvalue weighted by Gasteiger charge is -2.06. The fraction of sp³-hybridized carbons (Fsp3) is 0.267. The van der Waals surface area contributed by atoms with Crippen molar-refractivity contribution in [1.82, 2.24) is 20.2 Å². The molecule has 1 aromatic carbocycles. The van der Waals surface area contributed by atoms with E-state index in [0.29, 0.717) is 0 Å². The van der Waals surface area contributed by atoms with Crippen molar-refractivity contribution in [3.05, 3.63) is 42.4 Å². The van der Waals surface area contributed by atoms with Gasteiger partial charge >= 0.3 is 0 Å². The minimum Gasteiger partial charge on any atom is -0.497 e. The first kappa shape index (κ1) is 13.4. The second kappa shape index (κ2) is 6.21. The van der Waals surface area contributed by atoms with E-state index in [1.54, 1.807) is 13.3 Å². The Morgan fingerprint density at radius 3 is 2.86 bits per heavy atom. The minimum absolute atomic E-state index is 0.752. The predicted octanol–water partition coefficient (Wildman–Crippen LogP) is 2.41. The monoisotopic (exact) mass is 283 g/mol. The van der Waals surface area contributed by atoms with Crippen LogP contribution in [0.15, 0.2) is 36.8 Å². The maximum absolute atomic E-state index is 5.15. The highest BCUT2D eigenvalue weighted by atomic mass is 16.5. The van der Waals surface area contributed by atoms with Gasteiger partial charge < -0.3 is 10.1 Å². The summed E-state index contributed by atoms with van der Waals surface area (Å²) in [4.78, 5) is 8.36. The summed E-state index contributed by atoms with van der Waals surface area (Å²) in [6, 6.07) is 8.17. The SMILES string of the molecule is COc1ccc(CCCNc2ncnc3[nH]ncc23)cc1. The number of nitrogens with one attached hydrogen (secondary N) is 2. The Morgan fingerprint density at radius 2 is 2.05 bits per heavy atom. The summed E-state index contributed by atoms with van der Waals surface area (Å²) in [5, 5.41) is 11.1. The molecule has 6 heteroatoms. The molecule has 2 heterocycles. The second-order valence-electron chi connectivity index (χ2n) is 4.73. The van der Waals surface area contributed by atoms with E-state index in [0.717, 1.165) is 42.0 Å². The molecule has 0 bridgehead atoms. The molecule has 0 spiro atoms. The number of benzene rings is 1. The van der Waals surface area contributed by atoms with Crippen LogP contribution in [0.4, 0.5) is 5.82 Å². The third kappa shape index (κ3) is 3.10. The Balaban J connectivity index is 1.53. The van der Waals surface area contributed by atoms with Gasteiger partial charge in [0.25, 0.3) is 0 Å². The van der Waals surface area contributed by atoms with Gasteiger partial charge in [-0.25, -0.2) is 9.97 Å². The molecule has 0 aliphatic carbocycles. The standard InChI is InChI=1S/C15H17N5O/c1-21-12-6-4-11(5-7-12)3-2-8-16-14-13-9-19-20-15(13)18-10-17-14/h4-7,9-10H,2-3,8H2,1H3,(H2,16,17,18,19,20). The van der Waals surface area contributed by atoms with E-state index in [-0.39, 0.29) is 0 Å². The largest absolute Gasteiger partial charge is 0.497 e. The summed E-state index contributed by atoms with van der Waals surface area (Å²) >= 11 is 0. The zero-order valence-electron chi connectivity index (χ0n) is 11.8. The van der Waals surface area contributed by atoms with Crippen LogP contribution in [0, 0.1) is 0 Å². The molecular weight excluding hydrogens is 266 g/mol. The molecule has 0 amide bonds. The molecule has 2 N–H and O–H groups in total. The molecule has 0 saturated heterocycles. The highest BCUT2D eigenvalue weighted by Gasteiger charge is 2.04. The van der Waals surface area contributed by atoms with Crippen LogP contribution in [0.1, 0.15) is 12.0 Å². The Morgan fingerprint density at radius 1 is 1.19 bits per heavy atom. The first-order chi connectivity index (χ1) is 10.4. The molecule has 0 unspecified atom stereocenters. The first-order valence-corrected chi connectivity index (χ1v) is 6.87. The lowest BCUT2D eigenvalue weighted by molar-refractivity contribution is 0.414. The Bertz CT molecular complexity index is 707. The van der Waals surface area contributed by atoms with Crippen molar-refractivity contribution in [3.63, 3.8) is 0 Å². The number of anilines is 1. The third-order valence-electron chi connectivity index (χ3n) is 3.34. The number of H-pyrrole nitrogens is 1. The quantitative estimate of drug-likeness (QED) is 0.679. The highest BCUT2D eigenvalue weighted by molar-refractivity contribution is 5.85. The van der Waals surface area contributed by atoms with Crippen LogP contribution in [-0.2, 0) is 6.42 Å². The van der Waals surface area contributed by atoms with Gasteiger partial charge in [0.1, 0.15) is 17.9 Å². The van der Waals surface area contributed by atoms with Crippen molar-refractivity contribution in [1.29, 1.82) is 0 Å². The molecule has 0 radical (unpaired) electrons. The fourth-order valence-electron chi connectivity index (χ4n) is 2.20. The number of methoxy groups -OCH3 is 1. The molecule has 2 aromatic heterocycles. The summed E-state index contributed by atoms with van der Waals surface area (Å²) < 4.78 is 5.15. The van der Waals surface area contributed by atoms with E-state index in [4.69, 9.17) is 4.74 Å². The molecule has 0 aliphatic rings. The predicted molar refractivity (Wildman–Crippen MR) is 81.5 cm³/mol. The normalized spacial score (nSPS) is 10.7. The summed E-state index contributed by atoms with van der Waals surface area (Å²) in [5.41, 5.74) is 2.05. The van der Waals surface area contributed by atoms with Crippen molar-refractivity contribution in [2.75, 3.05) is 19.0 Å². The topological polar surface area (TPSA) is 75.7 Å². The van der Waals surface area contributed by atoms with Gasteiger partial charge in [-0.3, -0.25) is 5.10 Å². The molecule has 0 fully saturated rings. The number of rotatable bonds is 6. The van der Waals surface area contributed by atoms with Crippen molar-refractivity contribution in [2.45, 2.75) is 12.8 Å². The van der Waals surface area contributed by atoms with Crippen LogP contribution >= 0.6 is 0 Å². The van der Waals surface area contributed by atoms with Gasteiger partial charge in [0.05, 0.1) is 18.7 Å². The van der Waals surface area contributed by atoms with Crippen molar-refractivity contribution in [2.24, 2.45) is 0 Å². The Kier molecular flexibility index (Phi) is 3.95. The van der Waals surface area contributed by atoms with Gasteiger partial charge in [-0.05, 0) is 30.5 Å². The van der Waals surface area contributed by atoms with E-state index in [9.17, 15) is 0 Å². The molecule has 3 aromatic rings. The van der Waals surface area contributed by atoms with E-state index in [2.05, 4.69) is 37.6 Å². The zero-order chi connectivity index (χ0) is 14.5. The van der Waals surface area contributed by atoms with Gasteiger partial charge in [0.15, 0.2) is 5.65 Å². The summed E-state index contributed by atoms with van der Waals surface area (Å²) in [6.07, 6.45) is 5.31. The second-order valence-corrected chi connectivity index (χ2v) is 4.73. The number of aromatic amines is 1. The Labute approximate surface area is 122 Å². The molecular formula is C15H17N5O. The number of hydrogen-bond acceptors (Lipinski definition) is 5. The van der Waals surface area contributed by atoms with Gasteiger partial charge in [-0.1, -0.05) is 12.1 Å². The van der Waals surface area contributed by atoms with Gasteiger partial charge in [-0.2, -0.15) is 5.10 Å². The van der Waals surface area contributed by atoms with Crippen LogP contribution < -0.4 is 10.1 Å². The van der Waals surface area contributed by atoms with E-state index >= 15 is 0 Å². The van der Waals surface area contributed by atoms with E-state index in [1.807, 2.05) is 12.1 Å². The highest BCUT2D eigenvalue weighted by Crippen LogP contribution is 2.16. The number of aromatic nitrogens is 4. The average molecular weight is 283 g/mol. The Hall–Kier alpha value is -2.63. The number of aryl methyl sites for hydroxylation is 1. The number of nitrogens with zero attached hydrogens (tertiary/aromatic N) is 3. The van der Waals surface area contributed by atoms with Crippen LogP contribution in [0.5, 0.6) is 5.75 Å². The maximum Gasteiger partial charge on any atom is 0.160 e. The third-order valence-corrected chi connectivity index (χ3v) is 3.34. The molecule has 21 heavy (non-hydrogen) atoms. The van der Waals surface area contributed by atoms with Crippen LogP contribution in [0.3, 0.4) is 0 Å². The lowest BCUT2D eigenvalue weighted by atomic mass is 10.1. The molecule has 6 nitrogen and oxygen atoms in total. The fourth-order valence-corrected chi connectivity index (χ4v) is 2.20. The molecule has 0 atom stereocenters. The molecule has 0 saturated carbocycles. The van der Waals surface area contributed by atoms with Crippen molar-refractivity contribution >= 4 is 16.9 Å². The summed E-state index contributed by atoms with van der Waals surface area (Å²) in [7, 11) is 1.68. The van der Waals surface area contributed by atoms with E-state index in [1.165, 1.54) is 11.9 Å². The van der Waals surface area contributed by atoms with E-state index < -0.39 is 0 Å². The summed E-state index contributed by atoms with van der Waals surface area (Å²) in [5.74, 6) is 1.71. The van der Waals surface area contributed by atoms with Crippen LogP contribution in [-0.4, -0.2) is 33.8 Å². The van der Waals surface area contributed by atoms with Crippen LogP contribution in [0.25, 0.3) is 11.0 Å². The molecule has 0 aliphatic heterocycles. The maximum atomic E-state index is 5.15. The summed E-state index contributed by atoms with van der Waals surface area (Å²) in [6.45, 7) is 0.851. The van der Waals surface area contributed by atoms with Gasteiger partial charge in [0.2, 0.25) is 0 Å².